The van der Waals surface area contributed by atoms with Gasteiger partial charge in [-0.3, -0.25) is 4.79 Å². The highest BCUT2D eigenvalue weighted by molar-refractivity contribution is 5.94. The molecular formula is C21H26FNO2. The zero-order valence-corrected chi connectivity index (χ0v) is 14.5. The Labute approximate surface area is 148 Å². The van der Waals surface area contributed by atoms with Crippen molar-refractivity contribution in [2.75, 3.05) is 13.2 Å². The van der Waals surface area contributed by atoms with E-state index in [0.717, 1.165) is 24.3 Å². The van der Waals surface area contributed by atoms with E-state index in [2.05, 4.69) is 5.32 Å². The molecule has 2 atom stereocenters. The molecule has 0 heterocycles. The summed E-state index contributed by atoms with van der Waals surface area (Å²) in [6.07, 6.45) is 9.81. The number of hydrogen-bond donors (Lipinski definition) is 2. The Bertz CT molecular complexity index is 680. The molecule has 4 bridgehead atoms. The van der Waals surface area contributed by atoms with Crippen LogP contribution in [0.3, 0.4) is 0 Å². The van der Waals surface area contributed by atoms with Gasteiger partial charge in [-0.25, -0.2) is 4.39 Å². The van der Waals surface area contributed by atoms with Crippen LogP contribution >= 0.6 is 0 Å². The van der Waals surface area contributed by atoms with E-state index in [1.165, 1.54) is 50.3 Å². The van der Waals surface area contributed by atoms with Gasteiger partial charge in [-0.1, -0.05) is 18.2 Å². The summed E-state index contributed by atoms with van der Waals surface area (Å²) < 4.78 is 14.3. The van der Waals surface area contributed by atoms with Crippen molar-refractivity contribution in [2.24, 2.45) is 23.2 Å². The maximum Gasteiger partial charge on any atom is 0.181 e. The largest absolute Gasteiger partial charge is 0.388 e. The summed E-state index contributed by atoms with van der Waals surface area (Å²) in [5.41, 5.74) is 1.77. The number of nitrogens with one attached hydrogen (secondary N) is 1. The van der Waals surface area contributed by atoms with Crippen LogP contribution < -0.4 is 5.32 Å². The number of benzene rings is 1. The van der Waals surface area contributed by atoms with E-state index in [1.807, 2.05) is 0 Å². The molecule has 2 N–H and O–H groups in total. The van der Waals surface area contributed by atoms with Crippen LogP contribution in [0.5, 0.6) is 0 Å². The Morgan fingerprint density at radius 1 is 1.28 bits per heavy atom. The molecule has 4 aliphatic rings. The average Bonchev–Trinajstić information content (AvgIpc) is 3.01. The second kappa shape index (κ2) is 6.65. The van der Waals surface area contributed by atoms with Gasteiger partial charge in [-0.15, -0.1) is 0 Å². The summed E-state index contributed by atoms with van der Waals surface area (Å²) in [4.78, 5) is 11.1. The van der Waals surface area contributed by atoms with Crippen molar-refractivity contribution < 1.29 is 14.3 Å². The van der Waals surface area contributed by atoms with E-state index in [4.69, 9.17) is 5.11 Å². The van der Waals surface area contributed by atoms with Crippen molar-refractivity contribution in [3.8, 4) is 0 Å². The highest BCUT2D eigenvalue weighted by Gasteiger charge is 2.55. The Kier molecular flexibility index (Phi) is 4.50. The maximum atomic E-state index is 14.3. The molecule has 1 aromatic carbocycles. The number of rotatable bonds is 7. The molecule has 2 unspecified atom stereocenters. The first-order valence-corrected chi connectivity index (χ1v) is 9.38. The quantitative estimate of drug-likeness (QED) is 0.747. The maximum absolute atomic E-state index is 14.3. The SMILES string of the molecule is O=C(/C=C/c1ccc(CNCC23CC4CC(C2)C(C4)C3)c(F)c1)CO. The van der Waals surface area contributed by atoms with Crippen LogP contribution in [0.15, 0.2) is 24.3 Å². The van der Waals surface area contributed by atoms with Crippen molar-refractivity contribution >= 4 is 11.9 Å². The molecule has 134 valence electrons. The van der Waals surface area contributed by atoms with Crippen LogP contribution in [-0.4, -0.2) is 24.0 Å². The first-order valence-electron chi connectivity index (χ1n) is 9.38. The van der Waals surface area contributed by atoms with E-state index < -0.39 is 6.61 Å². The fourth-order valence-corrected chi connectivity index (χ4v) is 5.71. The van der Waals surface area contributed by atoms with Crippen LogP contribution in [0.25, 0.3) is 6.08 Å². The number of aliphatic hydroxyl groups excluding tert-OH is 1. The van der Waals surface area contributed by atoms with Crippen molar-refractivity contribution in [2.45, 2.75) is 38.6 Å². The minimum atomic E-state index is -0.523. The molecule has 3 nitrogen and oxygen atoms in total. The second-order valence-electron chi connectivity index (χ2n) is 8.38. The van der Waals surface area contributed by atoms with Gasteiger partial charge >= 0.3 is 0 Å². The van der Waals surface area contributed by atoms with Gasteiger partial charge in [0.25, 0.3) is 0 Å². The number of aliphatic hydroxyl groups is 1. The van der Waals surface area contributed by atoms with Gasteiger partial charge in [0, 0.05) is 18.7 Å². The molecule has 0 aliphatic heterocycles. The third-order valence-corrected chi connectivity index (χ3v) is 6.56. The van der Waals surface area contributed by atoms with Crippen molar-refractivity contribution in [3.63, 3.8) is 0 Å². The highest BCUT2D eigenvalue weighted by atomic mass is 19.1. The molecule has 0 spiro atoms. The normalized spacial score (nSPS) is 32.8. The average molecular weight is 343 g/mol. The number of halogens is 1. The molecule has 4 fully saturated rings. The van der Waals surface area contributed by atoms with Crippen molar-refractivity contribution in [1.82, 2.24) is 5.32 Å². The lowest BCUT2D eigenvalue weighted by Crippen LogP contribution is -2.37. The van der Waals surface area contributed by atoms with E-state index in [-0.39, 0.29) is 11.6 Å². The molecule has 0 radical (unpaired) electrons. The van der Waals surface area contributed by atoms with E-state index in [1.54, 1.807) is 12.1 Å². The summed E-state index contributed by atoms with van der Waals surface area (Å²) in [5.74, 6) is 2.24. The topological polar surface area (TPSA) is 49.3 Å². The van der Waals surface area contributed by atoms with Gasteiger partial charge in [0.05, 0.1) is 0 Å². The lowest BCUT2D eigenvalue weighted by atomic mass is 9.69. The molecule has 25 heavy (non-hydrogen) atoms. The zero-order chi connectivity index (χ0) is 17.4. The van der Waals surface area contributed by atoms with Gasteiger partial charge in [0.15, 0.2) is 5.78 Å². The molecule has 0 saturated heterocycles. The highest BCUT2D eigenvalue weighted by Crippen LogP contribution is 2.63. The molecule has 4 aliphatic carbocycles. The first kappa shape index (κ1) is 16.9. The van der Waals surface area contributed by atoms with Crippen LogP contribution in [0, 0.1) is 29.0 Å². The molecular weight excluding hydrogens is 317 g/mol. The minimum absolute atomic E-state index is 0.251. The summed E-state index contributed by atoms with van der Waals surface area (Å²) in [7, 11) is 0. The van der Waals surface area contributed by atoms with Crippen LogP contribution in [0.4, 0.5) is 4.39 Å². The van der Waals surface area contributed by atoms with Gasteiger partial charge in [0.2, 0.25) is 0 Å². The van der Waals surface area contributed by atoms with Gasteiger partial charge in [0.1, 0.15) is 12.4 Å². The molecule has 1 aromatic rings. The number of hydrogen-bond acceptors (Lipinski definition) is 3. The smallest absolute Gasteiger partial charge is 0.181 e. The molecule has 5 rings (SSSR count). The zero-order valence-electron chi connectivity index (χ0n) is 14.5. The second-order valence-corrected chi connectivity index (χ2v) is 8.38. The van der Waals surface area contributed by atoms with E-state index >= 15 is 0 Å². The van der Waals surface area contributed by atoms with Crippen molar-refractivity contribution in [1.29, 1.82) is 0 Å². The van der Waals surface area contributed by atoms with Gasteiger partial charge in [-0.2, -0.15) is 0 Å². The fourth-order valence-electron chi connectivity index (χ4n) is 5.71. The standard InChI is InChI=1S/C21H26FNO2/c22-20-7-14(2-4-19(25)12-24)1-3-16(20)11-23-13-21-8-15-5-17(9-21)18(6-15)10-21/h1-4,7,15,17-18,23-24H,5-6,8-13H2/b4-2+. The lowest BCUT2D eigenvalue weighted by molar-refractivity contribution is -0.117. The third-order valence-electron chi connectivity index (χ3n) is 6.56. The van der Waals surface area contributed by atoms with Crippen molar-refractivity contribution in [3.05, 3.63) is 41.2 Å². The summed E-state index contributed by atoms with van der Waals surface area (Å²) in [6, 6.07) is 5.03. The number of carbonyl (C=O) groups excluding carboxylic acids is 1. The Morgan fingerprint density at radius 3 is 2.68 bits per heavy atom. The first-order chi connectivity index (χ1) is 12.1. The Balaban J connectivity index is 1.33. The Hall–Kier alpha value is -1.52. The lowest BCUT2D eigenvalue weighted by Gasteiger charge is -2.38. The predicted octanol–water partition coefficient (Wildman–Crippen LogP) is 3.32. The summed E-state index contributed by atoms with van der Waals surface area (Å²) in [6.45, 7) is 1.03. The van der Waals surface area contributed by atoms with Crippen LogP contribution in [-0.2, 0) is 11.3 Å². The summed E-state index contributed by atoms with van der Waals surface area (Å²) in [5, 5.41) is 12.2. The monoisotopic (exact) mass is 343 g/mol. The minimum Gasteiger partial charge on any atom is -0.388 e. The molecule has 0 aromatic heterocycles. The predicted molar refractivity (Wildman–Crippen MR) is 95.2 cm³/mol. The molecule has 0 amide bonds. The number of carbonyl (C=O) groups is 1. The number of ketones is 1. The van der Waals surface area contributed by atoms with Gasteiger partial charge < -0.3 is 10.4 Å². The third kappa shape index (κ3) is 3.42. The van der Waals surface area contributed by atoms with E-state index in [9.17, 15) is 9.18 Å². The van der Waals surface area contributed by atoms with Crippen LogP contribution in [0.1, 0.15) is 43.2 Å². The summed E-state index contributed by atoms with van der Waals surface area (Å²) >= 11 is 0. The Morgan fingerprint density at radius 2 is 2.04 bits per heavy atom. The van der Waals surface area contributed by atoms with Gasteiger partial charge in [-0.05, 0) is 73.0 Å². The fraction of sp³-hybridized carbons (Fsp3) is 0.571. The van der Waals surface area contributed by atoms with E-state index in [0.29, 0.717) is 23.1 Å². The molecule has 4 heteroatoms. The van der Waals surface area contributed by atoms with Crippen LogP contribution in [0.2, 0.25) is 0 Å². The molecule has 4 saturated carbocycles.